The summed E-state index contributed by atoms with van der Waals surface area (Å²) in [6.45, 7) is 3.82. The second-order valence-corrected chi connectivity index (χ2v) is 4.18. The topological polar surface area (TPSA) is 37.4 Å². The number of benzene rings is 1. The number of fused-ring (bicyclic) bond motifs is 1. The van der Waals surface area contributed by atoms with Gasteiger partial charge >= 0.3 is 0 Å². The number of imide groups is 1. The average molecular weight is 229 g/mol. The van der Waals surface area contributed by atoms with Gasteiger partial charge in [0.2, 0.25) is 0 Å². The van der Waals surface area contributed by atoms with E-state index < -0.39 is 0 Å². The van der Waals surface area contributed by atoms with Gasteiger partial charge in [-0.15, -0.1) is 0 Å². The molecule has 1 aliphatic rings. The number of hydrogen-bond donors (Lipinski definition) is 0. The highest BCUT2D eigenvalue weighted by Gasteiger charge is 2.37. The van der Waals surface area contributed by atoms with Gasteiger partial charge in [0.05, 0.1) is 11.1 Å². The molecule has 1 aromatic carbocycles. The van der Waals surface area contributed by atoms with Gasteiger partial charge < -0.3 is 0 Å². The molecule has 88 valence electrons. The van der Waals surface area contributed by atoms with Crippen molar-refractivity contribution in [1.29, 1.82) is 0 Å². The Bertz CT molecular complexity index is 456. The molecule has 0 N–H and O–H groups in total. The summed E-state index contributed by atoms with van der Waals surface area (Å²) in [6.07, 6.45) is 4.59. The lowest BCUT2D eigenvalue weighted by Crippen LogP contribution is -2.37. The van der Waals surface area contributed by atoms with Crippen LogP contribution < -0.4 is 0 Å². The number of rotatable bonds is 3. The minimum atomic E-state index is -0.178. The number of nitrogens with zero attached hydrogens (tertiary/aromatic N) is 1. The molecule has 0 radical (unpaired) electrons. The first-order valence-electron chi connectivity index (χ1n) is 5.75. The van der Waals surface area contributed by atoms with Crippen LogP contribution >= 0.6 is 0 Å². The van der Waals surface area contributed by atoms with Crippen molar-refractivity contribution in [2.24, 2.45) is 0 Å². The lowest BCUT2D eigenvalue weighted by molar-refractivity contribution is 0.0598. The van der Waals surface area contributed by atoms with Crippen molar-refractivity contribution in [3.63, 3.8) is 0 Å². The molecule has 2 amide bonds. The molecule has 1 unspecified atom stereocenters. The third-order valence-corrected chi connectivity index (χ3v) is 2.98. The summed E-state index contributed by atoms with van der Waals surface area (Å²) in [5, 5.41) is 0. The average Bonchev–Trinajstić information content (AvgIpc) is 2.60. The molecule has 1 atom stereocenters. The van der Waals surface area contributed by atoms with Crippen molar-refractivity contribution < 1.29 is 9.59 Å². The zero-order valence-electron chi connectivity index (χ0n) is 10.0. The molecular formula is C14H15NO2. The zero-order chi connectivity index (χ0) is 12.4. The van der Waals surface area contributed by atoms with Crippen LogP contribution in [0.1, 0.15) is 41.0 Å². The van der Waals surface area contributed by atoms with E-state index in [1.807, 2.05) is 26.0 Å². The van der Waals surface area contributed by atoms with Gasteiger partial charge in [-0.25, -0.2) is 0 Å². The maximum atomic E-state index is 12.1. The minimum absolute atomic E-state index is 0.0985. The quantitative estimate of drug-likeness (QED) is 0.590. The highest BCUT2D eigenvalue weighted by atomic mass is 16.2. The Morgan fingerprint density at radius 1 is 1.18 bits per heavy atom. The molecule has 17 heavy (non-hydrogen) atoms. The maximum Gasteiger partial charge on any atom is 0.261 e. The van der Waals surface area contributed by atoms with Crippen LogP contribution in [0, 0.1) is 0 Å². The number of allylic oxidation sites excluding steroid dienone is 1. The fourth-order valence-corrected chi connectivity index (χ4v) is 2.05. The van der Waals surface area contributed by atoms with Crippen molar-refractivity contribution in [2.45, 2.75) is 26.3 Å². The van der Waals surface area contributed by atoms with E-state index >= 15 is 0 Å². The highest BCUT2D eigenvalue weighted by molar-refractivity contribution is 6.21. The van der Waals surface area contributed by atoms with E-state index in [0.29, 0.717) is 17.5 Å². The van der Waals surface area contributed by atoms with E-state index in [-0.39, 0.29) is 17.9 Å². The fraction of sp³-hybridized carbons (Fsp3) is 0.286. The Kier molecular flexibility index (Phi) is 3.09. The van der Waals surface area contributed by atoms with Crippen LogP contribution in [0.25, 0.3) is 0 Å². The van der Waals surface area contributed by atoms with E-state index in [1.54, 1.807) is 24.3 Å². The van der Waals surface area contributed by atoms with Crippen molar-refractivity contribution in [3.05, 3.63) is 47.5 Å². The fourth-order valence-electron chi connectivity index (χ4n) is 2.05. The van der Waals surface area contributed by atoms with Crippen LogP contribution in [0.5, 0.6) is 0 Å². The summed E-state index contributed by atoms with van der Waals surface area (Å²) in [7, 11) is 0. The lowest BCUT2D eigenvalue weighted by atomic mass is 10.1. The molecule has 1 aliphatic heterocycles. The third-order valence-electron chi connectivity index (χ3n) is 2.98. The molecule has 0 fully saturated rings. The second-order valence-electron chi connectivity index (χ2n) is 4.18. The molecule has 1 aromatic rings. The van der Waals surface area contributed by atoms with E-state index in [4.69, 9.17) is 0 Å². The largest absolute Gasteiger partial charge is 0.271 e. The van der Waals surface area contributed by atoms with Crippen molar-refractivity contribution in [2.75, 3.05) is 0 Å². The van der Waals surface area contributed by atoms with Crippen molar-refractivity contribution >= 4 is 11.8 Å². The van der Waals surface area contributed by atoms with Crippen molar-refractivity contribution in [3.8, 4) is 0 Å². The molecule has 0 bridgehead atoms. The molecule has 3 nitrogen and oxygen atoms in total. The van der Waals surface area contributed by atoms with Gasteiger partial charge in [-0.3, -0.25) is 14.5 Å². The Labute approximate surface area is 101 Å². The summed E-state index contributed by atoms with van der Waals surface area (Å²) >= 11 is 0. The maximum absolute atomic E-state index is 12.1. The van der Waals surface area contributed by atoms with Crippen LogP contribution in [0.3, 0.4) is 0 Å². The number of carbonyl (C=O) groups is 2. The Balaban J connectivity index is 2.30. The second kappa shape index (κ2) is 4.53. The molecule has 1 heterocycles. The lowest BCUT2D eigenvalue weighted by Gasteiger charge is -2.21. The molecule has 2 rings (SSSR count). The van der Waals surface area contributed by atoms with Crippen molar-refractivity contribution in [1.82, 2.24) is 4.90 Å². The summed E-state index contributed by atoms with van der Waals surface area (Å²) < 4.78 is 0. The van der Waals surface area contributed by atoms with Gasteiger partial charge in [0.1, 0.15) is 0 Å². The van der Waals surface area contributed by atoms with E-state index in [9.17, 15) is 9.59 Å². The van der Waals surface area contributed by atoms with Crippen LogP contribution in [0.15, 0.2) is 36.4 Å². The van der Waals surface area contributed by atoms with Crippen LogP contribution in [0.2, 0.25) is 0 Å². The Morgan fingerprint density at radius 3 is 2.18 bits per heavy atom. The van der Waals surface area contributed by atoms with E-state index in [2.05, 4.69) is 0 Å². The first-order chi connectivity index (χ1) is 8.16. The molecular weight excluding hydrogens is 214 g/mol. The summed E-state index contributed by atoms with van der Waals surface area (Å²) in [6, 6.07) is 6.88. The van der Waals surface area contributed by atoms with E-state index in [0.717, 1.165) is 0 Å². The standard InChI is InChI=1S/C14H15NO2/c1-3-4-7-10(2)15-13(16)11-8-5-6-9-12(11)14(15)17/h3-6,8-10H,7H2,1-2H3/b4-3-. The van der Waals surface area contributed by atoms with Gasteiger partial charge in [-0.05, 0) is 32.4 Å². The van der Waals surface area contributed by atoms with E-state index in [1.165, 1.54) is 4.90 Å². The molecule has 0 aromatic heterocycles. The monoisotopic (exact) mass is 229 g/mol. The normalized spacial score (nSPS) is 16.7. The van der Waals surface area contributed by atoms with Gasteiger partial charge in [-0.1, -0.05) is 24.3 Å². The molecule has 0 saturated carbocycles. The highest BCUT2D eigenvalue weighted by Crippen LogP contribution is 2.25. The van der Waals surface area contributed by atoms with Gasteiger partial charge in [-0.2, -0.15) is 0 Å². The molecule has 0 saturated heterocycles. The summed E-state index contributed by atoms with van der Waals surface area (Å²) in [5.74, 6) is -0.356. The third kappa shape index (κ3) is 1.88. The SMILES string of the molecule is C/C=C\CC(C)N1C(=O)c2ccccc2C1=O. The van der Waals surface area contributed by atoms with Gasteiger partial charge in [0.15, 0.2) is 0 Å². The van der Waals surface area contributed by atoms with Crippen LogP contribution in [0.4, 0.5) is 0 Å². The van der Waals surface area contributed by atoms with Gasteiger partial charge in [0.25, 0.3) is 11.8 Å². The Hall–Kier alpha value is -1.90. The summed E-state index contributed by atoms with van der Waals surface area (Å²) in [5.41, 5.74) is 1.04. The van der Waals surface area contributed by atoms with Gasteiger partial charge in [0, 0.05) is 6.04 Å². The van der Waals surface area contributed by atoms with Crippen LogP contribution in [-0.4, -0.2) is 22.8 Å². The zero-order valence-corrected chi connectivity index (χ0v) is 10.0. The Morgan fingerprint density at radius 2 is 1.71 bits per heavy atom. The molecule has 0 spiro atoms. The summed E-state index contributed by atoms with van der Waals surface area (Å²) in [4.78, 5) is 25.5. The predicted octanol–water partition coefficient (Wildman–Crippen LogP) is 2.64. The smallest absolute Gasteiger partial charge is 0.261 e. The first kappa shape index (κ1) is 11.6. The number of carbonyl (C=O) groups excluding carboxylic acids is 2. The molecule has 0 aliphatic carbocycles. The number of amides is 2. The van der Waals surface area contributed by atoms with Crippen LogP contribution in [-0.2, 0) is 0 Å². The minimum Gasteiger partial charge on any atom is -0.271 e. The first-order valence-corrected chi connectivity index (χ1v) is 5.75. The molecule has 3 heteroatoms. The predicted molar refractivity (Wildman–Crippen MR) is 65.8 cm³/mol. The number of hydrogen-bond acceptors (Lipinski definition) is 2.